The van der Waals surface area contributed by atoms with E-state index in [0.29, 0.717) is 30.8 Å². The van der Waals surface area contributed by atoms with E-state index in [9.17, 15) is 9.59 Å². The minimum atomic E-state index is -0.291. The van der Waals surface area contributed by atoms with E-state index in [4.69, 9.17) is 0 Å². The quantitative estimate of drug-likeness (QED) is 0.719. The van der Waals surface area contributed by atoms with Crippen molar-refractivity contribution in [3.63, 3.8) is 0 Å². The first kappa shape index (κ1) is 15.3. The van der Waals surface area contributed by atoms with E-state index in [2.05, 4.69) is 17.1 Å². The smallest absolute Gasteiger partial charge is 0.324 e. The fourth-order valence-corrected chi connectivity index (χ4v) is 2.87. The van der Waals surface area contributed by atoms with Crippen LogP contribution in [0.25, 0.3) is 11.2 Å². The third-order valence-corrected chi connectivity index (χ3v) is 4.10. The highest BCUT2D eigenvalue weighted by atomic mass is 16.2. The molecule has 0 amide bonds. The van der Waals surface area contributed by atoms with E-state index in [1.165, 1.54) is 10.1 Å². The summed E-state index contributed by atoms with van der Waals surface area (Å²) < 4.78 is 4.67. The summed E-state index contributed by atoms with van der Waals surface area (Å²) in [6.45, 7) is 5.19. The lowest BCUT2D eigenvalue weighted by Gasteiger charge is -2.09. The number of benzene rings is 1. The molecule has 2 aromatic heterocycles. The van der Waals surface area contributed by atoms with Gasteiger partial charge >= 0.3 is 5.69 Å². The van der Waals surface area contributed by atoms with Gasteiger partial charge in [0.05, 0.1) is 6.33 Å². The molecule has 0 unspecified atom stereocenters. The molecule has 2 heterocycles. The Morgan fingerprint density at radius 2 is 1.70 bits per heavy atom. The molecule has 1 aromatic carbocycles. The average molecular weight is 312 g/mol. The topological polar surface area (TPSA) is 61.8 Å². The van der Waals surface area contributed by atoms with Gasteiger partial charge in [-0.05, 0) is 25.8 Å². The van der Waals surface area contributed by atoms with Crippen molar-refractivity contribution in [2.75, 3.05) is 0 Å². The van der Waals surface area contributed by atoms with Crippen molar-refractivity contribution in [3.05, 3.63) is 63.1 Å². The summed E-state index contributed by atoms with van der Waals surface area (Å²) in [6, 6.07) is 10.1. The van der Waals surface area contributed by atoms with E-state index in [1.807, 2.05) is 29.7 Å². The first-order valence-electron chi connectivity index (χ1n) is 7.89. The van der Waals surface area contributed by atoms with Gasteiger partial charge in [0.25, 0.3) is 5.56 Å². The maximum absolute atomic E-state index is 12.6. The van der Waals surface area contributed by atoms with Gasteiger partial charge in [-0.15, -0.1) is 0 Å². The Balaban J connectivity index is 2.09. The Hall–Kier alpha value is -2.63. The van der Waals surface area contributed by atoms with Crippen molar-refractivity contribution < 1.29 is 0 Å². The predicted molar refractivity (Wildman–Crippen MR) is 89.7 cm³/mol. The van der Waals surface area contributed by atoms with Crippen LogP contribution < -0.4 is 11.2 Å². The molecule has 0 aliphatic carbocycles. The van der Waals surface area contributed by atoms with E-state index in [-0.39, 0.29) is 11.2 Å². The molecule has 0 aliphatic heterocycles. The molecule has 0 saturated heterocycles. The molecule has 3 rings (SSSR count). The Morgan fingerprint density at radius 1 is 1.00 bits per heavy atom. The van der Waals surface area contributed by atoms with Crippen LogP contribution in [0.2, 0.25) is 0 Å². The molecule has 0 fully saturated rings. The van der Waals surface area contributed by atoms with E-state index >= 15 is 0 Å². The summed E-state index contributed by atoms with van der Waals surface area (Å²) in [5.41, 5.74) is 1.63. The van der Waals surface area contributed by atoms with Crippen LogP contribution in [0.15, 0.2) is 46.2 Å². The summed E-state index contributed by atoms with van der Waals surface area (Å²) in [4.78, 5) is 29.3. The molecule has 0 radical (unpaired) electrons. The Labute approximate surface area is 133 Å². The Morgan fingerprint density at radius 3 is 2.35 bits per heavy atom. The molecule has 6 heteroatoms. The van der Waals surface area contributed by atoms with Crippen molar-refractivity contribution >= 4 is 11.2 Å². The van der Waals surface area contributed by atoms with Crippen LogP contribution in [0, 0.1) is 0 Å². The number of rotatable bonds is 5. The predicted octanol–water partition coefficient (Wildman–Crippen LogP) is 1.64. The molecule has 6 nitrogen and oxygen atoms in total. The highest BCUT2D eigenvalue weighted by Crippen LogP contribution is 2.09. The highest BCUT2D eigenvalue weighted by molar-refractivity contribution is 5.70. The van der Waals surface area contributed by atoms with Crippen molar-refractivity contribution in [2.45, 2.75) is 39.9 Å². The number of nitrogens with zero attached hydrogens (tertiary/aromatic N) is 4. The molecule has 0 atom stereocenters. The van der Waals surface area contributed by atoms with E-state index in [0.717, 1.165) is 6.42 Å². The summed E-state index contributed by atoms with van der Waals surface area (Å²) >= 11 is 0. The summed E-state index contributed by atoms with van der Waals surface area (Å²) in [7, 11) is 0. The van der Waals surface area contributed by atoms with Crippen LogP contribution in [0.4, 0.5) is 0 Å². The number of fused-ring (bicyclic) bond motifs is 1. The van der Waals surface area contributed by atoms with Crippen LogP contribution in [0.5, 0.6) is 0 Å². The molecule has 120 valence electrons. The van der Waals surface area contributed by atoms with Crippen LogP contribution in [-0.4, -0.2) is 18.7 Å². The monoisotopic (exact) mass is 312 g/mol. The maximum atomic E-state index is 12.6. The van der Waals surface area contributed by atoms with Gasteiger partial charge in [-0.1, -0.05) is 30.3 Å². The second-order valence-corrected chi connectivity index (χ2v) is 5.42. The number of aryl methyl sites for hydroxylation is 3. The maximum Gasteiger partial charge on any atom is 0.332 e. The molecule has 0 saturated carbocycles. The van der Waals surface area contributed by atoms with Crippen molar-refractivity contribution in [1.82, 2.24) is 18.7 Å². The molecule has 0 aliphatic rings. The zero-order valence-electron chi connectivity index (χ0n) is 13.4. The minimum absolute atomic E-state index is 0.261. The van der Waals surface area contributed by atoms with Gasteiger partial charge in [0.2, 0.25) is 0 Å². The first-order chi connectivity index (χ1) is 11.2. The van der Waals surface area contributed by atoms with Gasteiger partial charge in [0, 0.05) is 19.6 Å². The number of imidazole rings is 1. The summed E-state index contributed by atoms with van der Waals surface area (Å²) in [6.07, 6.45) is 2.46. The second kappa shape index (κ2) is 6.24. The average Bonchev–Trinajstić information content (AvgIpc) is 2.99. The lowest BCUT2D eigenvalue weighted by Crippen LogP contribution is -2.40. The third kappa shape index (κ3) is 2.60. The zero-order chi connectivity index (χ0) is 16.4. The highest BCUT2D eigenvalue weighted by Gasteiger charge is 2.16. The minimum Gasteiger partial charge on any atom is -0.324 e. The number of hydrogen-bond acceptors (Lipinski definition) is 3. The van der Waals surface area contributed by atoms with E-state index < -0.39 is 0 Å². The number of hydrogen-bond donors (Lipinski definition) is 0. The van der Waals surface area contributed by atoms with Gasteiger partial charge in [0.1, 0.15) is 0 Å². The largest absolute Gasteiger partial charge is 0.332 e. The molecule has 0 spiro atoms. The van der Waals surface area contributed by atoms with Crippen LogP contribution in [0.1, 0.15) is 19.4 Å². The van der Waals surface area contributed by atoms with Gasteiger partial charge in [-0.2, -0.15) is 0 Å². The van der Waals surface area contributed by atoms with Gasteiger partial charge in [-0.25, -0.2) is 9.78 Å². The normalized spacial score (nSPS) is 11.2. The van der Waals surface area contributed by atoms with Crippen LogP contribution in [0.3, 0.4) is 0 Å². The molecule has 0 N–H and O–H groups in total. The second-order valence-electron chi connectivity index (χ2n) is 5.42. The van der Waals surface area contributed by atoms with Crippen molar-refractivity contribution in [2.24, 2.45) is 0 Å². The van der Waals surface area contributed by atoms with Crippen molar-refractivity contribution in [1.29, 1.82) is 0 Å². The molecule has 23 heavy (non-hydrogen) atoms. The van der Waals surface area contributed by atoms with Crippen molar-refractivity contribution in [3.8, 4) is 0 Å². The Kier molecular flexibility index (Phi) is 4.14. The lowest BCUT2D eigenvalue weighted by molar-refractivity contribution is 0.601. The van der Waals surface area contributed by atoms with Crippen LogP contribution in [-0.2, 0) is 26.1 Å². The van der Waals surface area contributed by atoms with Crippen LogP contribution >= 0.6 is 0 Å². The first-order valence-corrected chi connectivity index (χ1v) is 7.89. The van der Waals surface area contributed by atoms with E-state index in [1.54, 1.807) is 17.8 Å². The third-order valence-electron chi connectivity index (χ3n) is 4.10. The molecular weight excluding hydrogens is 292 g/mol. The van der Waals surface area contributed by atoms with Gasteiger partial charge < -0.3 is 4.57 Å². The standard InChI is InChI=1S/C17H20N4O2/c1-3-20-15-14(16(22)21(4-2)17(20)23)19(12-18-15)11-10-13-8-6-5-7-9-13/h5-9,12H,3-4,10-11H2,1-2H3. The summed E-state index contributed by atoms with van der Waals surface area (Å²) in [5, 5.41) is 0. The SMILES string of the molecule is CCn1c(=O)c2c(ncn2CCc2ccccc2)n(CC)c1=O. The van der Waals surface area contributed by atoms with Gasteiger partial charge in [-0.3, -0.25) is 13.9 Å². The van der Waals surface area contributed by atoms with Gasteiger partial charge in [0.15, 0.2) is 11.2 Å². The molecule has 0 bridgehead atoms. The summed E-state index contributed by atoms with van der Waals surface area (Å²) in [5.74, 6) is 0. The zero-order valence-corrected chi connectivity index (χ0v) is 13.4. The molecular formula is C17H20N4O2. The molecule has 3 aromatic rings. The lowest BCUT2D eigenvalue weighted by atomic mass is 10.1. The fourth-order valence-electron chi connectivity index (χ4n) is 2.87. The number of aromatic nitrogens is 4. The Bertz CT molecular complexity index is 935. The fraction of sp³-hybridized carbons (Fsp3) is 0.353.